The molecule has 102 valence electrons. The van der Waals surface area contributed by atoms with Gasteiger partial charge in [-0.25, -0.2) is 0 Å². The van der Waals surface area contributed by atoms with Crippen LogP contribution in [-0.4, -0.2) is 55.1 Å². The summed E-state index contributed by atoms with van der Waals surface area (Å²) in [5.74, 6) is -0.126. The lowest BCUT2D eigenvalue weighted by atomic mass is 10.2. The average Bonchev–Trinajstić information content (AvgIpc) is 3.02. The number of nitrogens with one attached hydrogen (secondary N) is 1. The molecule has 6 heteroatoms. The zero-order chi connectivity index (χ0) is 13.0. The minimum absolute atomic E-state index is 0.0119. The van der Waals surface area contributed by atoms with Crippen molar-refractivity contribution in [3.05, 3.63) is 0 Å². The molecule has 3 N–H and O–H groups in total. The lowest BCUT2D eigenvalue weighted by Gasteiger charge is -2.23. The van der Waals surface area contributed by atoms with E-state index in [1.807, 2.05) is 0 Å². The summed E-state index contributed by atoms with van der Waals surface area (Å²) in [7, 11) is 0. The molecular weight excluding hydrogens is 234 g/mol. The number of rotatable bonds is 6. The maximum Gasteiger partial charge on any atom is 0.249 e. The molecule has 1 heterocycles. The van der Waals surface area contributed by atoms with Crippen molar-refractivity contribution in [1.82, 2.24) is 10.2 Å². The fraction of sp³-hybridized carbons (Fsp3) is 0.833. The molecule has 0 radical (unpaired) electrons. The Bertz CT molecular complexity index is 318. The summed E-state index contributed by atoms with van der Waals surface area (Å²) < 4.78 is 5.13. The van der Waals surface area contributed by atoms with Gasteiger partial charge in [0.15, 0.2) is 0 Å². The van der Waals surface area contributed by atoms with Gasteiger partial charge in [0.2, 0.25) is 11.8 Å². The molecule has 18 heavy (non-hydrogen) atoms. The monoisotopic (exact) mass is 255 g/mol. The second-order valence-electron chi connectivity index (χ2n) is 4.87. The summed E-state index contributed by atoms with van der Waals surface area (Å²) in [4.78, 5) is 25.5. The molecule has 2 aliphatic rings. The van der Waals surface area contributed by atoms with Gasteiger partial charge in [-0.3, -0.25) is 9.59 Å². The van der Waals surface area contributed by atoms with E-state index >= 15 is 0 Å². The van der Waals surface area contributed by atoms with E-state index in [4.69, 9.17) is 10.5 Å². The van der Waals surface area contributed by atoms with E-state index in [-0.39, 0.29) is 24.5 Å². The van der Waals surface area contributed by atoms with Crippen molar-refractivity contribution in [3.8, 4) is 0 Å². The highest BCUT2D eigenvalue weighted by molar-refractivity contribution is 5.89. The van der Waals surface area contributed by atoms with Crippen LogP contribution in [0.15, 0.2) is 0 Å². The van der Waals surface area contributed by atoms with E-state index in [1.165, 1.54) is 0 Å². The Morgan fingerprint density at radius 1 is 1.33 bits per heavy atom. The van der Waals surface area contributed by atoms with E-state index in [2.05, 4.69) is 5.32 Å². The van der Waals surface area contributed by atoms with Crippen molar-refractivity contribution in [2.75, 3.05) is 26.3 Å². The van der Waals surface area contributed by atoms with Crippen molar-refractivity contribution in [2.45, 2.75) is 37.8 Å². The molecule has 0 aromatic carbocycles. The Morgan fingerprint density at radius 3 is 2.78 bits per heavy atom. The van der Waals surface area contributed by atoms with Gasteiger partial charge >= 0.3 is 0 Å². The van der Waals surface area contributed by atoms with Gasteiger partial charge in [0.25, 0.3) is 0 Å². The lowest BCUT2D eigenvalue weighted by Crippen LogP contribution is -2.47. The molecule has 1 aliphatic heterocycles. The Balaban J connectivity index is 1.81. The van der Waals surface area contributed by atoms with Gasteiger partial charge in [-0.05, 0) is 25.7 Å². The standard InChI is InChI=1S/C12H21N3O3/c13-5-7-18-8-11(16)15-6-1-2-10(15)12(17)14-9-3-4-9/h9-10H,1-8,13H2,(H,14,17). The Labute approximate surface area is 107 Å². The second-order valence-corrected chi connectivity index (χ2v) is 4.87. The van der Waals surface area contributed by atoms with Crippen LogP contribution in [0.1, 0.15) is 25.7 Å². The zero-order valence-electron chi connectivity index (χ0n) is 10.6. The number of amides is 2. The third-order valence-corrected chi connectivity index (χ3v) is 3.29. The van der Waals surface area contributed by atoms with E-state index in [1.54, 1.807) is 4.90 Å². The second kappa shape index (κ2) is 6.15. The summed E-state index contributed by atoms with van der Waals surface area (Å²) >= 11 is 0. The van der Waals surface area contributed by atoms with Crippen molar-refractivity contribution in [3.63, 3.8) is 0 Å². The number of carbonyl (C=O) groups is 2. The molecular formula is C12H21N3O3. The third-order valence-electron chi connectivity index (χ3n) is 3.29. The normalized spacial score (nSPS) is 23.2. The summed E-state index contributed by atoms with van der Waals surface area (Å²) in [6.07, 6.45) is 3.75. The largest absolute Gasteiger partial charge is 0.370 e. The van der Waals surface area contributed by atoms with Crippen LogP contribution in [0.5, 0.6) is 0 Å². The number of nitrogens with two attached hydrogens (primary N) is 1. The summed E-state index contributed by atoms with van der Waals surface area (Å²) in [5.41, 5.74) is 5.29. The van der Waals surface area contributed by atoms with Gasteiger partial charge in [-0.1, -0.05) is 0 Å². The summed E-state index contributed by atoms with van der Waals surface area (Å²) in [5, 5.41) is 2.95. The minimum Gasteiger partial charge on any atom is -0.370 e. The fourth-order valence-electron chi connectivity index (χ4n) is 2.19. The highest BCUT2D eigenvalue weighted by Gasteiger charge is 2.36. The van der Waals surface area contributed by atoms with Crippen LogP contribution in [0.2, 0.25) is 0 Å². The predicted octanol–water partition coefficient (Wildman–Crippen LogP) is -0.769. The molecule has 0 aromatic rings. The number of nitrogens with zero attached hydrogens (tertiary/aromatic N) is 1. The molecule has 1 unspecified atom stereocenters. The van der Waals surface area contributed by atoms with Gasteiger partial charge in [0.05, 0.1) is 6.61 Å². The molecule has 2 rings (SSSR count). The van der Waals surface area contributed by atoms with Crippen LogP contribution in [0, 0.1) is 0 Å². The van der Waals surface area contributed by atoms with Crippen molar-refractivity contribution < 1.29 is 14.3 Å². The maximum absolute atomic E-state index is 12.0. The van der Waals surface area contributed by atoms with Crippen LogP contribution in [-0.2, 0) is 14.3 Å². The molecule has 1 atom stereocenters. The first kappa shape index (κ1) is 13.3. The Kier molecular flexibility index (Phi) is 4.54. The molecule has 1 aliphatic carbocycles. The fourth-order valence-corrected chi connectivity index (χ4v) is 2.19. The van der Waals surface area contributed by atoms with Crippen molar-refractivity contribution >= 4 is 11.8 Å². The summed E-state index contributed by atoms with van der Waals surface area (Å²) in [6, 6.07) is 0.0307. The van der Waals surface area contributed by atoms with Gasteiger partial charge < -0.3 is 20.7 Å². The number of likely N-dealkylation sites (tertiary alicyclic amines) is 1. The van der Waals surface area contributed by atoms with Crippen molar-refractivity contribution in [1.29, 1.82) is 0 Å². The first-order valence-electron chi connectivity index (χ1n) is 6.60. The van der Waals surface area contributed by atoms with E-state index in [0.29, 0.717) is 25.7 Å². The van der Waals surface area contributed by atoms with Crippen LogP contribution in [0.25, 0.3) is 0 Å². The van der Waals surface area contributed by atoms with Crippen LogP contribution in [0.4, 0.5) is 0 Å². The first-order chi connectivity index (χ1) is 8.72. The van der Waals surface area contributed by atoms with Crippen LogP contribution >= 0.6 is 0 Å². The molecule has 1 saturated heterocycles. The van der Waals surface area contributed by atoms with Gasteiger partial charge in [-0.2, -0.15) is 0 Å². The molecule has 2 amide bonds. The average molecular weight is 255 g/mol. The zero-order valence-corrected chi connectivity index (χ0v) is 10.6. The highest BCUT2D eigenvalue weighted by Crippen LogP contribution is 2.22. The van der Waals surface area contributed by atoms with E-state index in [9.17, 15) is 9.59 Å². The Morgan fingerprint density at radius 2 is 2.11 bits per heavy atom. The van der Waals surface area contributed by atoms with Gasteiger partial charge in [0, 0.05) is 19.1 Å². The molecule has 0 bridgehead atoms. The van der Waals surface area contributed by atoms with Gasteiger partial charge in [0.1, 0.15) is 12.6 Å². The van der Waals surface area contributed by atoms with Crippen molar-refractivity contribution in [2.24, 2.45) is 5.73 Å². The summed E-state index contributed by atoms with van der Waals surface area (Å²) in [6.45, 7) is 1.44. The number of hydrogen-bond donors (Lipinski definition) is 2. The molecule has 0 spiro atoms. The number of hydrogen-bond acceptors (Lipinski definition) is 4. The van der Waals surface area contributed by atoms with E-state index < -0.39 is 0 Å². The topological polar surface area (TPSA) is 84.7 Å². The quantitative estimate of drug-likeness (QED) is 0.610. The molecule has 2 fully saturated rings. The smallest absolute Gasteiger partial charge is 0.249 e. The predicted molar refractivity (Wildman–Crippen MR) is 65.8 cm³/mol. The third kappa shape index (κ3) is 3.43. The van der Waals surface area contributed by atoms with Crippen LogP contribution < -0.4 is 11.1 Å². The first-order valence-corrected chi connectivity index (χ1v) is 6.60. The number of ether oxygens (including phenoxy) is 1. The van der Waals surface area contributed by atoms with Gasteiger partial charge in [-0.15, -0.1) is 0 Å². The Hall–Kier alpha value is -1.14. The SMILES string of the molecule is NCCOCC(=O)N1CCCC1C(=O)NC1CC1. The maximum atomic E-state index is 12.0. The molecule has 0 aromatic heterocycles. The molecule has 1 saturated carbocycles. The minimum atomic E-state index is -0.306. The van der Waals surface area contributed by atoms with Crippen LogP contribution in [0.3, 0.4) is 0 Å². The lowest BCUT2D eigenvalue weighted by molar-refractivity contribution is -0.141. The van der Waals surface area contributed by atoms with E-state index in [0.717, 1.165) is 25.7 Å². The molecule has 6 nitrogen and oxygen atoms in total. The number of carbonyl (C=O) groups excluding carboxylic acids is 2. The highest BCUT2D eigenvalue weighted by atomic mass is 16.5.